The lowest BCUT2D eigenvalue weighted by atomic mass is 9.95. The van der Waals surface area contributed by atoms with Crippen molar-refractivity contribution in [3.8, 4) is 5.75 Å². The zero-order valence-corrected chi connectivity index (χ0v) is 17.3. The van der Waals surface area contributed by atoms with Crippen molar-refractivity contribution in [1.29, 1.82) is 0 Å². The summed E-state index contributed by atoms with van der Waals surface area (Å²) in [5.41, 5.74) is 1.02. The quantitative estimate of drug-likeness (QED) is 0.605. The first kappa shape index (κ1) is 22.0. The number of nitrogens with zero attached hydrogens (tertiary/aromatic N) is 1. The topological polar surface area (TPSA) is 82.7 Å². The summed E-state index contributed by atoms with van der Waals surface area (Å²) >= 11 is 0. The van der Waals surface area contributed by atoms with E-state index in [1.54, 1.807) is 7.11 Å². The van der Waals surface area contributed by atoms with Crippen LogP contribution in [0.1, 0.15) is 50.1 Å². The number of nitrogens with one attached hydrogen (secondary N) is 3. The van der Waals surface area contributed by atoms with E-state index in [0.29, 0.717) is 25.6 Å². The van der Waals surface area contributed by atoms with Crippen LogP contribution in [0.25, 0.3) is 0 Å². The van der Waals surface area contributed by atoms with E-state index in [2.05, 4.69) is 16.0 Å². The summed E-state index contributed by atoms with van der Waals surface area (Å²) in [6, 6.07) is 7.81. The Morgan fingerprint density at radius 3 is 2.54 bits per heavy atom. The third-order valence-corrected chi connectivity index (χ3v) is 5.19. The highest BCUT2D eigenvalue weighted by atomic mass is 16.5. The fourth-order valence-corrected chi connectivity index (χ4v) is 3.60. The molecule has 1 aromatic rings. The second-order valence-corrected chi connectivity index (χ2v) is 7.51. The van der Waals surface area contributed by atoms with Gasteiger partial charge >= 0.3 is 6.03 Å². The van der Waals surface area contributed by atoms with Gasteiger partial charge < -0.3 is 25.6 Å². The average molecular weight is 391 g/mol. The summed E-state index contributed by atoms with van der Waals surface area (Å²) in [5, 5.41) is 8.72. The summed E-state index contributed by atoms with van der Waals surface area (Å²) in [4.78, 5) is 26.2. The van der Waals surface area contributed by atoms with Crippen molar-refractivity contribution in [2.45, 2.75) is 50.6 Å². The van der Waals surface area contributed by atoms with E-state index in [9.17, 15) is 9.59 Å². The lowest BCUT2D eigenvalue weighted by Gasteiger charge is -2.26. The first-order valence-electron chi connectivity index (χ1n) is 10.1. The molecule has 1 aromatic carbocycles. The van der Waals surface area contributed by atoms with Crippen molar-refractivity contribution < 1.29 is 14.3 Å². The first-order chi connectivity index (χ1) is 13.5. The van der Waals surface area contributed by atoms with Gasteiger partial charge in [0.25, 0.3) is 0 Å². The Morgan fingerprint density at radius 1 is 1.14 bits per heavy atom. The Labute approximate surface area is 168 Å². The SMILES string of the molecule is COc1ccccc1C(CNC(=O)NCCC(=O)NC1CCCCC1)N(C)C. The number of likely N-dealkylation sites (N-methyl/N-ethyl adjacent to an activating group) is 1. The maximum absolute atomic E-state index is 12.1. The van der Waals surface area contributed by atoms with Crippen LogP contribution in [-0.4, -0.2) is 57.2 Å². The molecule has 0 bridgehead atoms. The summed E-state index contributed by atoms with van der Waals surface area (Å²) < 4.78 is 5.44. The predicted molar refractivity (Wildman–Crippen MR) is 110 cm³/mol. The van der Waals surface area contributed by atoms with Gasteiger partial charge in [0, 0.05) is 31.1 Å². The molecule has 1 aliphatic rings. The van der Waals surface area contributed by atoms with E-state index in [0.717, 1.165) is 24.2 Å². The van der Waals surface area contributed by atoms with Gasteiger partial charge in [-0.15, -0.1) is 0 Å². The lowest BCUT2D eigenvalue weighted by Crippen LogP contribution is -2.42. The number of ether oxygens (including phenoxy) is 1. The molecule has 0 aromatic heterocycles. The van der Waals surface area contributed by atoms with Crippen LogP contribution < -0.4 is 20.7 Å². The number of rotatable bonds is 9. The number of urea groups is 1. The Hall–Kier alpha value is -2.28. The van der Waals surface area contributed by atoms with Crippen molar-refractivity contribution in [2.24, 2.45) is 0 Å². The molecule has 3 amide bonds. The zero-order valence-electron chi connectivity index (χ0n) is 17.3. The monoisotopic (exact) mass is 390 g/mol. The Kier molecular flexibility index (Phi) is 9.07. The third kappa shape index (κ3) is 7.03. The zero-order chi connectivity index (χ0) is 20.4. The molecule has 1 aliphatic carbocycles. The number of amides is 3. The molecule has 28 heavy (non-hydrogen) atoms. The predicted octanol–water partition coefficient (Wildman–Crippen LogP) is 2.44. The summed E-state index contributed by atoms with van der Waals surface area (Å²) in [6.07, 6.45) is 6.06. The molecule has 7 nitrogen and oxygen atoms in total. The average Bonchev–Trinajstić information content (AvgIpc) is 2.69. The number of benzene rings is 1. The van der Waals surface area contributed by atoms with E-state index in [-0.39, 0.29) is 18.0 Å². The van der Waals surface area contributed by atoms with Crippen LogP contribution in [0.15, 0.2) is 24.3 Å². The van der Waals surface area contributed by atoms with Crippen LogP contribution in [-0.2, 0) is 4.79 Å². The van der Waals surface area contributed by atoms with Crippen molar-refractivity contribution in [3.63, 3.8) is 0 Å². The van der Waals surface area contributed by atoms with Crippen molar-refractivity contribution >= 4 is 11.9 Å². The molecule has 1 saturated carbocycles. The minimum Gasteiger partial charge on any atom is -0.496 e. The van der Waals surface area contributed by atoms with Gasteiger partial charge in [0.05, 0.1) is 13.2 Å². The van der Waals surface area contributed by atoms with Gasteiger partial charge in [-0.3, -0.25) is 4.79 Å². The Bertz CT molecular complexity index is 630. The van der Waals surface area contributed by atoms with Gasteiger partial charge in [0.2, 0.25) is 5.91 Å². The highest BCUT2D eigenvalue weighted by molar-refractivity contribution is 5.78. The molecular weight excluding hydrogens is 356 g/mol. The minimum absolute atomic E-state index is 0.00684. The molecule has 0 heterocycles. The number of hydrogen-bond acceptors (Lipinski definition) is 4. The number of methoxy groups -OCH3 is 1. The summed E-state index contributed by atoms with van der Waals surface area (Å²) in [7, 11) is 5.57. The Morgan fingerprint density at radius 2 is 1.86 bits per heavy atom. The van der Waals surface area contributed by atoms with Crippen LogP contribution in [0.5, 0.6) is 5.75 Å². The van der Waals surface area contributed by atoms with Crippen molar-refractivity contribution in [1.82, 2.24) is 20.9 Å². The smallest absolute Gasteiger partial charge is 0.314 e. The molecule has 0 aliphatic heterocycles. The first-order valence-corrected chi connectivity index (χ1v) is 10.1. The second kappa shape index (κ2) is 11.5. The van der Waals surface area contributed by atoms with Gasteiger partial charge in [-0.1, -0.05) is 37.5 Å². The van der Waals surface area contributed by atoms with E-state index >= 15 is 0 Å². The van der Waals surface area contributed by atoms with Gasteiger partial charge in [-0.05, 0) is 33.0 Å². The highest BCUT2D eigenvalue weighted by Crippen LogP contribution is 2.27. The number of carbonyl (C=O) groups is 2. The number of carbonyl (C=O) groups excluding carboxylic acids is 2. The van der Waals surface area contributed by atoms with Gasteiger partial charge in [-0.2, -0.15) is 0 Å². The largest absolute Gasteiger partial charge is 0.496 e. The molecule has 0 spiro atoms. The van der Waals surface area contributed by atoms with Crippen LogP contribution in [0.4, 0.5) is 4.79 Å². The van der Waals surface area contributed by atoms with Gasteiger partial charge in [0.15, 0.2) is 0 Å². The molecule has 3 N–H and O–H groups in total. The van der Waals surface area contributed by atoms with Crippen LogP contribution in [0.2, 0.25) is 0 Å². The Balaban J connectivity index is 1.73. The third-order valence-electron chi connectivity index (χ3n) is 5.19. The van der Waals surface area contributed by atoms with Crippen LogP contribution >= 0.6 is 0 Å². The molecule has 0 radical (unpaired) electrons. The molecular formula is C21H34N4O3. The van der Waals surface area contributed by atoms with Crippen molar-refractivity contribution in [2.75, 3.05) is 34.3 Å². The van der Waals surface area contributed by atoms with Gasteiger partial charge in [-0.25, -0.2) is 4.79 Å². The fraction of sp³-hybridized carbons (Fsp3) is 0.619. The molecule has 7 heteroatoms. The highest BCUT2D eigenvalue weighted by Gasteiger charge is 2.19. The summed E-state index contributed by atoms with van der Waals surface area (Å²) in [6.45, 7) is 0.763. The fourth-order valence-electron chi connectivity index (χ4n) is 3.60. The second-order valence-electron chi connectivity index (χ2n) is 7.51. The van der Waals surface area contributed by atoms with E-state index < -0.39 is 0 Å². The number of hydrogen-bond donors (Lipinski definition) is 3. The normalized spacial score (nSPS) is 15.7. The molecule has 2 rings (SSSR count). The summed E-state index contributed by atoms with van der Waals surface area (Å²) in [5.74, 6) is 0.801. The molecule has 1 unspecified atom stereocenters. The lowest BCUT2D eigenvalue weighted by molar-refractivity contribution is -0.121. The molecule has 0 saturated heterocycles. The van der Waals surface area contributed by atoms with E-state index in [1.807, 2.05) is 43.3 Å². The molecule has 1 fully saturated rings. The van der Waals surface area contributed by atoms with Crippen LogP contribution in [0.3, 0.4) is 0 Å². The van der Waals surface area contributed by atoms with Gasteiger partial charge in [0.1, 0.15) is 5.75 Å². The maximum atomic E-state index is 12.1. The van der Waals surface area contributed by atoms with Crippen LogP contribution in [0, 0.1) is 0 Å². The molecule has 156 valence electrons. The minimum atomic E-state index is -0.271. The standard InChI is InChI=1S/C21H34N4O3/c1-25(2)18(17-11-7-8-12-19(17)28-3)15-23-21(27)22-14-13-20(26)24-16-9-5-4-6-10-16/h7-8,11-12,16,18H,4-6,9-10,13-15H2,1-3H3,(H,24,26)(H2,22,23,27). The molecule has 1 atom stereocenters. The van der Waals surface area contributed by atoms with E-state index in [1.165, 1.54) is 19.3 Å². The maximum Gasteiger partial charge on any atom is 0.314 e. The van der Waals surface area contributed by atoms with Crippen molar-refractivity contribution in [3.05, 3.63) is 29.8 Å². The van der Waals surface area contributed by atoms with E-state index in [4.69, 9.17) is 4.74 Å². The number of para-hydroxylation sites is 1.